The molecule has 1 rings (SSSR count). The first-order valence-corrected chi connectivity index (χ1v) is 4.38. The zero-order valence-electron chi connectivity index (χ0n) is 7.69. The van der Waals surface area contributed by atoms with Gasteiger partial charge in [0.1, 0.15) is 5.21 Å². The Morgan fingerprint density at radius 1 is 1.50 bits per heavy atom. The van der Waals surface area contributed by atoms with Crippen molar-refractivity contribution in [1.82, 2.24) is 15.1 Å². The number of unbranched alkanes of at least 4 members (excludes halogenated alkanes) is 1. The summed E-state index contributed by atoms with van der Waals surface area (Å²) in [4.78, 5) is 0. The average molecular weight is 170 g/mol. The summed E-state index contributed by atoms with van der Waals surface area (Å²) < 4.78 is 3.43. The van der Waals surface area contributed by atoms with E-state index in [1.807, 2.05) is 6.92 Å². The van der Waals surface area contributed by atoms with E-state index in [1.54, 1.807) is 9.36 Å². The van der Waals surface area contributed by atoms with Crippen molar-refractivity contribution in [3.05, 3.63) is 0 Å². The van der Waals surface area contributed by atoms with Crippen molar-refractivity contribution < 1.29 is 4.68 Å². The second-order valence-electron chi connectivity index (χ2n) is 2.73. The highest BCUT2D eigenvalue weighted by Crippen LogP contribution is 1.91. The molecule has 0 atom stereocenters. The number of aromatic nitrogens is 4. The third-order valence-electron chi connectivity index (χ3n) is 1.81. The van der Waals surface area contributed by atoms with Crippen molar-refractivity contribution in [3.8, 4) is 0 Å². The summed E-state index contributed by atoms with van der Waals surface area (Å²) in [6.45, 7) is 5.77. The minimum atomic E-state index is 0.644. The molecule has 0 aliphatic heterocycles. The molecule has 0 fully saturated rings. The van der Waals surface area contributed by atoms with E-state index in [1.165, 1.54) is 0 Å². The van der Waals surface area contributed by atoms with Gasteiger partial charge in [-0.1, -0.05) is 18.0 Å². The summed E-state index contributed by atoms with van der Waals surface area (Å²) in [6, 6.07) is 0. The van der Waals surface area contributed by atoms with Crippen molar-refractivity contribution in [2.45, 2.75) is 39.8 Å². The van der Waals surface area contributed by atoms with Gasteiger partial charge in [-0.25, -0.2) is 0 Å². The maximum Gasteiger partial charge on any atom is 0.362 e. The lowest BCUT2D eigenvalue weighted by molar-refractivity contribution is -0.741. The highest BCUT2D eigenvalue weighted by Gasteiger charge is 2.12. The second-order valence-corrected chi connectivity index (χ2v) is 2.73. The standard InChI is InChI=1S/C7H15N5/c1-3-5-6-12-7(8)11(4-2)9-10-12/h8H,3-6H2,1-2H3/p+1. The molecule has 1 aromatic heterocycles. The normalized spacial score (nSPS) is 10.5. The number of hydrogen-bond acceptors (Lipinski definition) is 3. The van der Waals surface area contributed by atoms with Crippen LogP contribution in [0.4, 0.5) is 5.95 Å². The van der Waals surface area contributed by atoms with Crippen LogP contribution in [0.15, 0.2) is 0 Å². The van der Waals surface area contributed by atoms with Gasteiger partial charge in [-0.15, -0.1) is 4.68 Å². The molecule has 0 bridgehead atoms. The van der Waals surface area contributed by atoms with Crippen LogP contribution in [-0.4, -0.2) is 15.1 Å². The van der Waals surface area contributed by atoms with E-state index >= 15 is 0 Å². The summed E-state index contributed by atoms with van der Waals surface area (Å²) in [5.74, 6) is 0.644. The molecule has 0 aromatic carbocycles. The summed E-state index contributed by atoms with van der Waals surface area (Å²) in [7, 11) is 0. The van der Waals surface area contributed by atoms with Gasteiger partial charge < -0.3 is 5.73 Å². The number of nitrogens with two attached hydrogens (primary N) is 1. The van der Waals surface area contributed by atoms with Gasteiger partial charge >= 0.3 is 5.95 Å². The van der Waals surface area contributed by atoms with E-state index < -0.39 is 0 Å². The lowest BCUT2D eigenvalue weighted by Crippen LogP contribution is -2.39. The van der Waals surface area contributed by atoms with Gasteiger partial charge in [0.2, 0.25) is 0 Å². The minimum absolute atomic E-state index is 0.644. The van der Waals surface area contributed by atoms with Gasteiger partial charge in [-0.3, -0.25) is 0 Å². The second kappa shape index (κ2) is 4.04. The van der Waals surface area contributed by atoms with Gasteiger partial charge in [0, 0.05) is 0 Å². The largest absolute Gasteiger partial charge is 0.362 e. The Morgan fingerprint density at radius 3 is 2.75 bits per heavy atom. The molecule has 5 heteroatoms. The smallest absolute Gasteiger partial charge is 0.306 e. The van der Waals surface area contributed by atoms with Crippen LogP contribution in [0.1, 0.15) is 26.7 Å². The van der Waals surface area contributed by atoms with Crippen LogP contribution in [0, 0.1) is 0 Å². The van der Waals surface area contributed by atoms with E-state index in [-0.39, 0.29) is 0 Å². The van der Waals surface area contributed by atoms with Gasteiger partial charge in [-0.2, -0.15) is 0 Å². The van der Waals surface area contributed by atoms with Gasteiger partial charge in [-0.05, 0) is 13.3 Å². The summed E-state index contributed by atoms with van der Waals surface area (Å²) in [5, 5.41) is 7.82. The number of rotatable bonds is 4. The molecule has 68 valence electrons. The predicted molar refractivity (Wildman–Crippen MR) is 45.2 cm³/mol. The van der Waals surface area contributed by atoms with Crippen LogP contribution < -0.4 is 10.4 Å². The van der Waals surface area contributed by atoms with E-state index in [4.69, 9.17) is 5.73 Å². The summed E-state index contributed by atoms with van der Waals surface area (Å²) >= 11 is 0. The molecule has 5 nitrogen and oxygen atoms in total. The number of hydrogen-bond donors (Lipinski definition) is 1. The third kappa shape index (κ3) is 1.72. The SMILES string of the molecule is CCCC[n+]1nnn(CC)c1N. The Labute approximate surface area is 72.2 Å². The van der Waals surface area contributed by atoms with Crippen molar-refractivity contribution >= 4 is 5.95 Å². The van der Waals surface area contributed by atoms with Crippen molar-refractivity contribution in [2.24, 2.45) is 0 Å². The van der Waals surface area contributed by atoms with Gasteiger partial charge in [0.15, 0.2) is 0 Å². The first kappa shape index (κ1) is 8.96. The van der Waals surface area contributed by atoms with E-state index in [2.05, 4.69) is 17.4 Å². The molecule has 0 amide bonds. The Balaban J connectivity index is 2.66. The Kier molecular flexibility index (Phi) is 3.01. The highest BCUT2D eigenvalue weighted by atomic mass is 15.6. The van der Waals surface area contributed by atoms with Crippen LogP contribution in [0.2, 0.25) is 0 Å². The molecule has 2 N–H and O–H groups in total. The minimum Gasteiger partial charge on any atom is -0.306 e. The van der Waals surface area contributed by atoms with Crippen molar-refractivity contribution in [3.63, 3.8) is 0 Å². The maximum absolute atomic E-state index is 5.76. The first-order chi connectivity index (χ1) is 5.79. The lowest BCUT2D eigenvalue weighted by atomic mass is 10.3. The van der Waals surface area contributed by atoms with Crippen LogP contribution in [0.25, 0.3) is 0 Å². The Morgan fingerprint density at radius 2 is 2.25 bits per heavy atom. The van der Waals surface area contributed by atoms with Crippen LogP contribution in [-0.2, 0) is 13.1 Å². The fourth-order valence-corrected chi connectivity index (χ4v) is 1.01. The number of nitrogen functional groups attached to an aromatic ring is 1. The zero-order valence-corrected chi connectivity index (χ0v) is 7.69. The summed E-state index contributed by atoms with van der Waals surface area (Å²) in [6.07, 6.45) is 2.24. The van der Waals surface area contributed by atoms with E-state index in [0.29, 0.717) is 5.95 Å². The molecule has 0 aliphatic carbocycles. The lowest BCUT2D eigenvalue weighted by Gasteiger charge is -1.93. The fraction of sp³-hybridized carbons (Fsp3) is 0.857. The Bertz CT molecular complexity index is 242. The quantitative estimate of drug-likeness (QED) is 0.645. The zero-order chi connectivity index (χ0) is 8.97. The summed E-state index contributed by atoms with van der Waals surface area (Å²) in [5.41, 5.74) is 5.76. The van der Waals surface area contributed by atoms with Crippen LogP contribution in [0.5, 0.6) is 0 Å². The highest BCUT2D eigenvalue weighted by molar-refractivity contribution is 5.02. The Hall–Kier alpha value is -1.13. The van der Waals surface area contributed by atoms with E-state index in [9.17, 15) is 0 Å². The molecule has 0 radical (unpaired) electrons. The first-order valence-electron chi connectivity index (χ1n) is 4.38. The maximum atomic E-state index is 5.76. The molecule has 0 unspecified atom stereocenters. The molecule has 0 saturated heterocycles. The molecule has 0 aliphatic rings. The van der Waals surface area contributed by atoms with Gasteiger partial charge in [0.25, 0.3) is 0 Å². The van der Waals surface area contributed by atoms with Crippen LogP contribution >= 0.6 is 0 Å². The molecule has 12 heavy (non-hydrogen) atoms. The molecular weight excluding hydrogens is 154 g/mol. The number of tetrazole rings is 1. The van der Waals surface area contributed by atoms with Crippen molar-refractivity contribution in [1.29, 1.82) is 0 Å². The monoisotopic (exact) mass is 170 g/mol. The van der Waals surface area contributed by atoms with Gasteiger partial charge in [0.05, 0.1) is 18.3 Å². The fourth-order valence-electron chi connectivity index (χ4n) is 1.01. The van der Waals surface area contributed by atoms with Crippen LogP contribution in [0.3, 0.4) is 0 Å². The number of anilines is 1. The average Bonchev–Trinajstić information content (AvgIpc) is 2.43. The molecule has 0 saturated carbocycles. The molecule has 1 aromatic rings. The van der Waals surface area contributed by atoms with Crippen molar-refractivity contribution in [2.75, 3.05) is 5.73 Å². The topological polar surface area (TPSA) is 60.6 Å². The molecule has 1 heterocycles. The van der Waals surface area contributed by atoms with E-state index in [0.717, 1.165) is 25.9 Å². The third-order valence-corrected chi connectivity index (χ3v) is 1.81. The predicted octanol–water partition coefficient (Wildman–Crippen LogP) is -0.0322. The molecular formula is C7H16N5+. The number of aryl methyl sites for hydroxylation is 2. The molecule has 0 spiro atoms. The number of nitrogens with zero attached hydrogens (tertiary/aromatic N) is 4.